The highest BCUT2D eigenvalue weighted by atomic mass is 35.5. The molecule has 1 N–H and O–H groups in total. The molecule has 8 heteroatoms. The molecule has 146 valence electrons. The summed E-state index contributed by atoms with van der Waals surface area (Å²) in [5.41, 5.74) is 2.61. The standard InChI is InChI=1S/C21H19ClN6O/c22-15-4-6-19(24-13-15)28-10-7-17(26-28)21(29)25-16-5-3-14(12-16)20-18-2-1-9-27(18)11-8-23-20/h1-2,4,6-11,13-14,16H,3,5,12H2,(H,25,29)/t14?,16-/m0/s1. The number of pyridine rings is 1. The van der Waals surface area contributed by atoms with Crippen LogP contribution in [0.4, 0.5) is 0 Å². The summed E-state index contributed by atoms with van der Waals surface area (Å²) >= 11 is 5.87. The van der Waals surface area contributed by atoms with Crippen molar-refractivity contribution < 1.29 is 4.79 Å². The number of carbonyl (C=O) groups excluding carboxylic acids is 1. The van der Waals surface area contributed by atoms with Crippen molar-refractivity contribution in [1.82, 2.24) is 29.5 Å². The first-order valence-electron chi connectivity index (χ1n) is 9.57. The number of carbonyl (C=O) groups is 1. The average molecular weight is 407 g/mol. The maximum absolute atomic E-state index is 12.7. The number of fused-ring (bicyclic) bond motifs is 1. The van der Waals surface area contributed by atoms with E-state index in [1.54, 1.807) is 35.3 Å². The zero-order chi connectivity index (χ0) is 19.8. The Labute approximate surface area is 172 Å². The summed E-state index contributed by atoms with van der Waals surface area (Å²) in [5.74, 6) is 0.785. The molecule has 4 aromatic rings. The topological polar surface area (TPSA) is 77.1 Å². The second-order valence-corrected chi connectivity index (χ2v) is 7.71. The Morgan fingerprint density at radius 3 is 2.90 bits per heavy atom. The van der Waals surface area contributed by atoms with Crippen LogP contribution in [-0.4, -0.2) is 36.1 Å². The van der Waals surface area contributed by atoms with Gasteiger partial charge in [0, 0.05) is 42.9 Å². The van der Waals surface area contributed by atoms with Gasteiger partial charge in [0.05, 0.1) is 16.2 Å². The number of nitrogens with one attached hydrogen (secondary N) is 1. The van der Waals surface area contributed by atoms with Gasteiger partial charge in [-0.25, -0.2) is 9.67 Å². The van der Waals surface area contributed by atoms with E-state index >= 15 is 0 Å². The number of halogens is 1. The van der Waals surface area contributed by atoms with Crippen LogP contribution >= 0.6 is 11.6 Å². The smallest absolute Gasteiger partial charge is 0.272 e. The Morgan fingerprint density at radius 2 is 2.03 bits per heavy atom. The molecule has 0 aliphatic heterocycles. The third-order valence-corrected chi connectivity index (χ3v) is 5.63. The van der Waals surface area contributed by atoms with E-state index in [0.717, 1.165) is 30.5 Å². The fourth-order valence-electron chi connectivity index (χ4n) is 4.00. The highest BCUT2D eigenvalue weighted by molar-refractivity contribution is 6.30. The van der Waals surface area contributed by atoms with Crippen molar-refractivity contribution in [2.24, 2.45) is 0 Å². The van der Waals surface area contributed by atoms with Crippen molar-refractivity contribution in [2.45, 2.75) is 31.2 Å². The van der Waals surface area contributed by atoms with Crippen LogP contribution in [0.3, 0.4) is 0 Å². The molecule has 1 fully saturated rings. The van der Waals surface area contributed by atoms with Crippen LogP contribution in [0.1, 0.15) is 41.4 Å². The average Bonchev–Trinajstić information content (AvgIpc) is 3.48. The van der Waals surface area contributed by atoms with E-state index in [-0.39, 0.29) is 11.9 Å². The van der Waals surface area contributed by atoms with Gasteiger partial charge in [-0.3, -0.25) is 9.78 Å². The molecule has 0 aromatic carbocycles. The van der Waals surface area contributed by atoms with Crippen LogP contribution in [0.2, 0.25) is 5.02 Å². The second-order valence-electron chi connectivity index (χ2n) is 7.27. The molecular weight excluding hydrogens is 388 g/mol. The van der Waals surface area contributed by atoms with Gasteiger partial charge in [0.15, 0.2) is 11.5 Å². The summed E-state index contributed by atoms with van der Waals surface area (Å²) in [6, 6.07) is 9.42. The summed E-state index contributed by atoms with van der Waals surface area (Å²) in [7, 11) is 0. The fraction of sp³-hybridized carbons (Fsp3) is 0.238. The van der Waals surface area contributed by atoms with Gasteiger partial charge in [-0.15, -0.1) is 0 Å². The number of aromatic nitrogens is 5. The van der Waals surface area contributed by atoms with Crippen molar-refractivity contribution in [1.29, 1.82) is 0 Å². The van der Waals surface area contributed by atoms with E-state index in [4.69, 9.17) is 11.6 Å². The molecule has 0 radical (unpaired) electrons. The molecule has 29 heavy (non-hydrogen) atoms. The first-order chi connectivity index (χ1) is 14.2. The fourth-order valence-corrected chi connectivity index (χ4v) is 4.12. The van der Waals surface area contributed by atoms with E-state index in [9.17, 15) is 4.79 Å². The molecule has 4 aromatic heterocycles. The van der Waals surface area contributed by atoms with Gasteiger partial charge in [-0.2, -0.15) is 5.10 Å². The predicted molar refractivity (Wildman–Crippen MR) is 109 cm³/mol. The summed E-state index contributed by atoms with van der Waals surface area (Å²) in [5, 5.41) is 8.02. The highest BCUT2D eigenvalue weighted by Crippen LogP contribution is 2.35. The van der Waals surface area contributed by atoms with Crippen molar-refractivity contribution in [2.75, 3.05) is 0 Å². The molecule has 7 nitrogen and oxygen atoms in total. The Hall–Kier alpha value is -3.19. The summed E-state index contributed by atoms with van der Waals surface area (Å²) in [6.07, 6.45) is 11.9. The quantitative estimate of drug-likeness (QED) is 0.561. The molecule has 2 atom stereocenters. The van der Waals surface area contributed by atoms with Crippen LogP contribution < -0.4 is 5.32 Å². The van der Waals surface area contributed by atoms with E-state index < -0.39 is 0 Å². The number of amides is 1. The summed E-state index contributed by atoms with van der Waals surface area (Å²) < 4.78 is 3.66. The molecule has 1 aliphatic rings. The minimum atomic E-state index is -0.169. The van der Waals surface area contributed by atoms with Crippen molar-refractivity contribution in [3.8, 4) is 5.82 Å². The monoisotopic (exact) mass is 406 g/mol. The third kappa shape index (κ3) is 3.49. The van der Waals surface area contributed by atoms with Gasteiger partial charge in [0.1, 0.15) is 0 Å². The lowest BCUT2D eigenvalue weighted by atomic mass is 10.0. The van der Waals surface area contributed by atoms with Crippen LogP contribution in [0.15, 0.2) is 61.3 Å². The normalized spacial score (nSPS) is 18.9. The van der Waals surface area contributed by atoms with Crippen LogP contribution in [-0.2, 0) is 0 Å². The van der Waals surface area contributed by atoms with E-state index in [1.807, 2.05) is 24.7 Å². The van der Waals surface area contributed by atoms with E-state index in [2.05, 4.69) is 30.9 Å². The lowest BCUT2D eigenvalue weighted by Crippen LogP contribution is -2.33. The van der Waals surface area contributed by atoms with Gasteiger partial charge in [-0.1, -0.05) is 11.6 Å². The lowest BCUT2D eigenvalue weighted by molar-refractivity contribution is 0.0932. The van der Waals surface area contributed by atoms with Gasteiger partial charge in [-0.05, 0) is 49.6 Å². The molecule has 1 unspecified atom stereocenters. The maximum atomic E-state index is 12.7. The minimum absolute atomic E-state index is 0.114. The van der Waals surface area contributed by atoms with E-state index in [0.29, 0.717) is 22.5 Å². The molecule has 0 bridgehead atoms. The van der Waals surface area contributed by atoms with Crippen LogP contribution in [0.25, 0.3) is 11.3 Å². The maximum Gasteiger partial charge on any atom is 0.272 e. The Morgan fingerprint density at radius 1 is 1.10 bits per heavy atom. The highest BCUT2D eigenvalue weighted by Gasteiger charge is 2.29. The largest absolute Gasteiger partial charge is 0.348 e. The number of rotatable bonds is 4. The van der Waals surface area contributed by atoms with E-state index in [1.165, 1.54) is 0 Å². The van der Waals surface area contributed by atoms with Gasteiger partial charge >= 0.3 is 0 Å². The Balaban J connectivity index is 1.26. The van der Waals surface area contributed by atoms with Crippen molar-refractivity contribution in [3.63, 3.8) is 0 Å². The number of hydrogen-bond donors (Lipinski definition) is 1. The predicted octanol–water partition coefficient (Wildman–Crippen LogP) is 3.63. The molecule has 5 rings (SSSR count). The van der Waals surface area contributed by atoms with Gasteiger partial charge < -0.3 is 9.72 Å². The molecule has 0 spiro atoms. The van der Waals surface area contributed by atoms with Crippen LogP contribution in [0, 0.1) is 0 Å². The van der Waals surface area contributed by atoms with Crippen molar-refractivity contribution >= 4 is 23.0 Å². The zero-order valence-corrected chi connectivity index (χ0v) is 16.3. The second kappa shape index (κ2) is 7.33. The molecule has 1 saturated carbocycles. The Bertz CT molecular complexity index is 1170. The number of nitrogens with zero attached hydrogens (tertiary/aromatic N) is 5. The SMILES string of the molecule is O=C(N[C@H]1CCC(c2nccn3cccc23)C1)c1ccn(-c2ccc(Cl)cn2)n1. The molecule has 0 saturated heterocycles. The molecule has 4 heterocycles. The van der Waals surface area contributed by atoms with Crippen LogP contribution in [0.5, 0.6) is 0 Å². The first-order valence-corrected chi connectivity index (χ1v) is 9.95. The minimum Gasteiger partial charge on any atom is -0.348 e. The zero-order valence-electron chi connectivity index (χ0n) is 15.6. The lowest BCUT2D eigenvalue weighted by Gasteiger charge is -2.13. The molecule has 1 amide bonds. The number of hydrogen-bond acceptors (Lipinski definition) is 4. The third-order valence-electron chi connectivity index (χ3n) is 5.41. The summed E-state index contributed by atoms with van der Waals surface area (Å²) in [4.78, 5) is 21.5. The van der Waals surface area contributed by atoms with Gasteiger partial charge in [0.2, 0.25) is 0 Å². The first kappa shape index (κ1) is 17.9. The molecule has 1 aliphatic carbocycles. The Kier molecular flexibility index (Phi) is 4.52. The van der Waals surface area contributed by atoms with Gasteiger partial charge in [0.25, 0.3) is 5.91 Å². The summed E-state index contributed by atoms with van der Waals surface area (Å²) in [6.45, 7) is 0. The molecular formula is C21H19ClN6O. The van der Waals surface area contributed by atoms with Crippen molar-refractivity contribution in [3.05, 3.63) is 77.7 Å².